The predicted octanol–water partition coefficient (Wildman–Crippen LogP) is 2.67. The quantitative estimate of drug-likeness (QED) is 0.636. The lowest BCUT2D eigenvalue weighted by Crippen LogP contribution is -2.36. The van der Waals surface area contributed by atoms with Gasteiger partial charge in [-0.1, -0.05) is 33.6 Å². The lowest BCUT2D eigenvalue weighted by atomic mass is 9.81. The zero-order chi connectivity index (χ0) is 17.6. The summed E-state index contributed by atoms with van der Waals surface area (Å²) >= 11 is 0. The van der Waals surface area contributed by atoms with Gasteiger partial charge in [-0.3, -0.25) is 4.79 Å². The van der Waals surface area contributed by atoms with E-state index in [0.29, 0.717) is 18.8 Å². The number of methoxy groups -OCH3 is 1. The van der Waals surface area contributed by atoms with Crippen LogP contribution in [-0.4, -0.2) is 47.2 Å². The second-order valence-corrected chi connectivity index (χ2v) is 7.10. The molecule has 2 N–H and O–H groups in total. The van der Waals surface area contributed by atoms with Crippen LogP contribution in [0.15, 0.2) is 0 Å². The van der Waals surface area contributed by atoms with Crippen LogP contribution >= 0.6 is 0 Å². The van der Waals surface area contributed by atoms with Gasteiger partial charge in [0.15, 0.2) is 0 Å². The molecule has 1 heterocycles. The highest BCUT2D eigenvalue weighted by Gasteiger charge is 2.46. The van der Waals surface area contributed by atoms with Crippen LogP contribution in [0.25, 0.3) is 0 Å². The first-order chi connectivity index (χ1) is 10.8. The van der Waals surface area contributed by atoms with Crippen LogP contribution in [0.5, 0.6) is 0 Å². The van der Waals surface area contributed by atoms with Gasteiger partial charge in [-0.25, -0.2) is 0 Å². The zero-order valence-corrected chi connectivity index (χ0v) is 15.2. The van der Waals surface area contributed by atoms with Crippen LogP contribution < -0.4 is 0 Å². The van der Waals surface area contributed by atoms with E-state index in [4.69, 9.17) is 4.74 Å². The second-order valence-electron chi connectivity index (χ2n) is 7.10. The average molecular weight is 330 g/mol. The van der Waals surface area contributed by atoms with Crippen molar-refractivity contribution in [1.29, 1.82) is 0 Å². The van der Waals surface area contributed by atoms with Gasteiger partial charge in [-0.15, -0.1) is 0 Å². The van der Waals surface area contributed by atoms with Crippen LogP contribution in [0.4, 0.5) is 0 Å². The molecule has 0 amide bonds. The number of rotatable bonds is 9. The van der Waals surface area contributed by atoms with Gasteiger partial charge < -0.3 is 19.7 Å². The molecule has 136 valence electrons. The average Bonchev–Trinajstić information content (AvgIpc) is 2.88. The Hall–Kier alpha value is -0.650. The number of hydrogen-bond donors (Lipinski definition) is 2. The molecule has 5 heteroatoms. The molecule has 0 aliphatic carbocycles. The SMILES string of the molecule is CCC1C[C@@](C)(C[C@@H](CC)[C@H](O)CC(=O)OC)OC1[C@@H](O)CC. The van der Waals surface area contributed by atoms with E-state index >= 15 is 0 Å². The Labute approximate surface area is 140 Å². The first-order valence-electron chi connectivity index (χ1n) is 8.90. The molecule has 0 spiro atoms. The van der Waals surface area contributed by atoms with E-state index < -0.39 is 12.2 Å². The number of carbonyl (C=O) groups excluding carboxylic acids is 1. The fourth-order valence-corrected chi connectivity index (χ4v) is 3.80. The van der Waals surface area contributed by atoms with E-state index in [1.54, 1.807) is 0 Å². The molecule has 5 nitrogen and oxygen atoms in total. The van der Waals surface area contributed by atoms with E-state index in [2.05, 4.69) is 18.6 Å². The summed E-state index contributed by atoms with van der Waals surface area (Å²) in [5.41, 5.74) is -0.362. The normalized spacial score (nSPS) is 31.6. The maximum Gasteiger partial charge on any atom is 0.308 e. The van der Waals surface area contributed by atoms with Gasteiger partial charge in [0, 0.05) is 0 Å². The fourth-order valence-electron chi connectivity index (χ4n) is 3.80. The van der Waals surface area contributed by atoms with E-state index in [9.17, 15) is 15.0 Å². The van der Waals surface area contributed by atoms with Crippen molar-refractivity contribution in [2.24, 2.45) is 11.8 Å². The van der Waals surface area contributed by atoms with Crippen LogP contribution in [0.1, 0.15) is 66.2 Å². The molecule has 1 fully saturated rings. The number of carbonyl (C=O) groups is 1. The van der Waals surface area contributed by atoms with Crippen LogP contribution in [0, 0.1) is 11.8 Å². The molecule has 0 radical (unpaired) electrons. The molecule has 6 atom stereocenters. The Balaban J connectivity index is 2.74. The topological polar surface area (TPSA) is 76.0 Å². The largest absolute Gasteiger partial charge is 0.469 e. The number of aliphatic hydroxyl groups is 2. The Morgan fingerprint density at radius 1 is 1.30 bits per heavy atom. The molecule has 1 saturated heterocycles. The third-order valence-corrected chi connectivity index (χ3v) is 5.27. The minimum Gasteiger partial charge on any atom is -0.469 e. The molecule has 0 aromatic carbocycles. The van der Waals surface area contributed by atoms with Crippen molar-refractivity contribution in [3.8, 4) is 0 Å². The fraction of sp³-hybridized carbons (Fsp3) is 0.944. The molecule has 0 aromatic rings. The Morgan fingerprint density at radius 3 is 2.43 bits per heavy atom. The number of aliphatic hydroxyl groups excluding tert-OH is 2. The highest BCUT2D eigenvalue weighted by atomic mass is 16.5. The van der Waals surface area contributed by atoms with Crippen LogP contribution in [0.2, 0.25) is 0 Å². The summed E-state index contributed by atoms with van der Waals surface area (Å²) in [7, 11) is 1.33. The summed E-state index contributed by atoms with van der Waals surface area (Å²) in [6.45, 7) is 8.16. The summed E-state index contributed by atoms with van der Waals surface area (Å²) in [5.74, 6) is -0.0708. The van der Waals surface area contributed by atoms with Gasteiger partial charge in [-0.05, 0) is 38.0 Å². The van der Waals surface area contributed by atoms with E-state index in [1.165, 1.54) is 7.11 Å². The predicted molar refractivity (Wildman–Crippen MR) is 89.0 cm³/mol. The third-order valence-electron chi connectivity index (χ3n) is 5.27. The molecule has 23 heavy (non-hydrogen) atoms. The van der Waals surface area contributed by atoms with Gasteiger partial charge in [0.2, 0.25) is 0 Å². The Morgan fingerprint density at radius 2 is 1.96 bits per heavy atom. The number of hydrogen-bond acceptors (Lipinski definition) is 5. The van der Waals surface area contributed by atoms with Gasteiger partial charge in [-0.2, -0.15) is 0 Å². The molecule has 0 bridgehead atoms. The number of ether oxygens (including phenoxy) is 2. The van der Waals surface area contributed by atoms with Crippen molar-refractivity contribution in [1.82, 2.24) is 0 Å². The maximum atomic E-state index is 11.4. The van der Waals surface area contributed by atoms with Crippen molar-refractivity contribution >= 4 is 5.97 Å². The first-order valence-corrected chi connectivity index (χ1v) is 8.90. The second kappa shape index (κ2) is 9.00. The molecule has 1 aliphatic rings. The summed E-state index contributed by atoms with van der Waals surface area (Å²) in [6, 6.07) is 0. The zero-order valence-electron chi connectivity index (χ0n) is 15.2. The minimum absolute atomic E-state index is 0.0172. The molecule has 2 unspecified atom stereocenters. The summed E-state index contributed by atoms with van der Waals surface area (Å²) in [6.07, 6.45) is 2.71. The van der Waals surface area contributed by atoms with Crippen LogP contribution in [0.3, 0.4) is 0 Å². The van der Waals surface area contributed by atoms with Gasteiger partial charge in [0.1, 0.15) is 0 Å². The monoisotopic (exact) mass is 330 g/mol. The highest BCUT2D eigenvalue weighted by molar-refractivity contribution is 5.69. The molecule has 1 aliphatic heterocycles. The lowest BCUT2D eigenvalue weighted by molar-refractivity contribution is -0.144. The maximum absolute atomic E-state index is 11.4. The smallest absolute Gasteiger partial charge is 0.308 e. The van der Waals surface area contributed by atoms with E-state index in [1.807, 2.05) is 13.8 Å². The van der Waals surface area contributed by atoms with Crippen molar-refractivity contribution in [3.63, 3.8) is 0 Å². The van der Waals surface area contributed by atoms with Crippen molar-refractivity contribution in [3.05, 3.63) is 0 Å². The summed E-state index contributed by atoms with van der Waals surface area (Å²) in [4.78, 5) is 11.4. The van der Waals surface area contributed by atoms with Gasteiger partial charge >= 0.3 is 5.97 Å². The van der Waals surface area contributed by atoms with Gasteiger partial charge in [0.05, 0.1) is 37.4 Å². The Bertz CT molecular complexity index is 372. The van der Waals surface area contributed by atoms with Gasteiger partial charge in [0.25, 0.3) is 0 Å². The summed E-state index contributed by atoms with van der Waals surface area (Å²) < 4.78 is 10.9. The molecular weight excluding hydrogens is 296 g/mol. The van der Waals surface area contributed by atoms with E-state index in [0.717, 1.165) is 19.3 Å². The summed E-state index contributed by atoms with van der Waals surface area (Å²) in [5, 5.41) is 20.5. The minimum atomic E-state index is -0.719. The molecular formula is C18H34O5. The molecule has 0 saturated carbocycles. The molecule has 1 rings (SSSR count). The third kappa shape index (κ3) is 5.44. The Kier molecular flexibility index (Phi) is 7.98. The highest BCUT2D eigenvalue weighted by Crippen LogP contribution is 2.43. The number of esters is 1. The van der Waals surface area contributed by atoms with Crippen molar-refractivity contribution in [2.75, 3.05) is 7.11 Å². The van der Waals surface area contributed by atoms with Crippen LogP contribution in [-0.2, 0) is 14.3 Å². The van der Waals surface area contributed by atoms with E-state index in [-0.39, 0.29) is 30.0 Å². The lowest BCUT2D eigenvalue weighted by Gasteiger charge is -2.32. The first kappa shape index (κ1) is 20.4. The van der Waals surface area contributed by atoms with Crippen molar-refractivity contribution < 1.29 is 24.5 Å². The standard InChI is InChI=1S/C18H34O5/c1-6-12(15(20)9-16(21)22-5)10-18(4)11-13(7-2)17(23-18)14(19)8-3/h12-15,17,19-20H,6-11H2,1-5H3/t12-,13?,14+,15-,17?,18-/m1/s1. The molecule has 0 aromatic heterocycles. The van der Waals surface area contributed by atoms with Crippen molar-refractivity contribution in [2.45, 2.75) is 90.1 Å².